The number of hydrogen-bond acceptors (Lipinski definition) is 10. The van der Waals surface area contributed by atoms with Crippen molar-refractivity contribution >= 4 is 17.8 Å². The fraction of sp³-hybridized carbons (Fsp3) is 0.423. The Morgan fingerprint density at radius 1 is 1.12 bits per heavy atom. The summed E-state index contributed by atoms with van der Waals surface area (Å²) in [6.45, 7) is 0.679. The number of aryl methyl sites for hydroxylation is 3. The first-order valence-electron chi connectivity index (χ1n) is 12.6. The van der Waals surface area contributed by atoms with Crippen LogP contribution < -0.4 is 14.8 Å². The van der Waals surface area contributed by atoms with Crippen molar-refractivity contribution in [1.82, 2.24) is 15.1 Å². The largest absolute Gasteiger partial charge is 0.491 e. The Balaban J connectivity index is 1.25. The van der Waals surface area contributed by atoms with Crippen LogP contribution >= 0.6 is 0 Å². The zero-order chi connectivity index (χ0) is 28.3. The lowest BCUT2D eigenvalue weighted by molar-refractivity contribution is -0.202. The number of aromatic nitrogens is 3. The summed E-state index contributed by atoms with van der Waals surface area (Å²) in [7, 11) is 0. The van der Waals surface area contributed by atoms with E-state index in [0.717, 1.165) is 37.0 Å². The molecule has 0 fully saturated rings. The molecule has 14 heteroatoms. The molecule has 1 N–H and O–H groups in total. The number of ether oxygens (including phenoxy) is 3. The highest BCUT2D eigenvalue weighted by molar-refractivity contribution is 5.88. The summed E-state index contributed by atoms with van der Waals surface area (Å²) in [5.74, 6) is -4.54. The number of fused-ring (bicyclic) bond motifs is 2. The summed E-state index contributed by atoms with van der Waals surface area (Å²) >= 11 is 0. The van der Waals surface area contributed by atoms with Crippen LogP contribution in [0.2, 0.25) is 0 Å². The summed E-state index contributed by atoms with van der Waals surface area (Å²) in [5, 5.41) is 7.24. The zero-order valence-electron chi connectivity index (χ0n) is 21.1. The standard InChI is InChI=1S/C26H24F4N4O6/c27-18-9-15(10-19-23(18)38-13-37-19)16(12-22(35)39-25(36)26(28,29)30)11-21-33-20(34-40-21)5-1-4-17-7-6-14-3-2-8-31-24(14)32-17/h6-7,9-10,16H,1-5,8,11-13H2,(H,31,32). The van der Waals surface area contributed by atoms with Gasteiger partial charge in [0.25, 0.3) is 0 Å². The third-order valence-corrected chi connectivity index (χ3v) is 6.49. The Labute approximate surface area is 225 Å². The Morgan fingerprint density at radius 2 is 1.98 bits per heavy atom. The number of rotatable bonds is 9. The van der Waals surface area contributed by atoms with E-state index >= 15 is 0 Å². The van der Waals surface area contributed by atoms with Crippen molar-refractivity contribution in [1.29, 1.82) is 0 Å². The molecule has 212 valence electrons. The Kier molecular flexibility index (Phi) is 7.85. The normalized spacial score (nSPS) is 14.8. The second kappa shape index (κ2) is 11.5. The maximum Gasteiger partial charge on any atom is 0.491 e. The highest BCUT2D eigenvalue weighted by Gasteiger charge is 2.42. The molecule has 40 heavy (non-hydrogen) atoms. The molecular weight excluding hydrogens is 540 g/mol. The van der Waals surface area contributed by atoms with Crippen LogP contribution in [0.1, 0.15) is 53.7 Å². The number of anilines is 1. The van der Waals surface area contributed by atoms with Gasteiger partial charge in [-0.15, -0.1) is 0 Å². The van der Waals surface area contributed by atoms with Gasteiger partial charge in [0.1, 0.15) is 5.82 Å². The van der Waals surface area contributed by atoms with E-state index in [1.54, 1.807) is 0 Å². The number of halogens is 4. The van der Waals surface area contributed by atoms with Crippen LogP contribution in [0, 0.1) is 5.82 Å². The molecule has 2 aromatic heterocycles. The van der Waals surface area contributed by atoms with Crippen LogP contribution in [-0.2, 0) is 40.0 Å². The molecule has 0 spiro atoms. The number of alkyl halides is 3. The second-order valence-electron chi connectivity index (χ2n) is 9.40. The monoisotopic (exact) mass is 564 g/mol. The van der Waals surface area contributed by atoms with Gasteiger partial charge < -0.3 is 24.1 Å². The molecule has 1 atom stereocenters. The molecule has 3 aromatic rings. The van der Waals surface area contributed by atoms with Gasteiger partial charge in [-0.1, -0.05) is 11.2 Å². The van der Waals surface area contributed by atoms with Crippen LogP contribution in [0.3, 0.4) is 0 Å². The number of carbonyl (C=O) groups is 2. The van der Waals surface area contributed by atoms with Gasteiger partial charge in [-0.3, -0.25) is 4.79 Å². The first-order chi connectivity index (χ1) is 19.2. The van der Waals surface area contributed by atoms with Gasteiger partial charge in [-0.25, -0.2) is 14.2 Å². The number of benzene rings is 1. The molecule has 0 amide bonds. The molecular formula is C26H24F4N4O6. The average Bonchev–Trinajstić information content (AvgIpc) is 3.57. The maximum atomic E-state index is 14.5. The molecule has 0 bridgehead atoms. The molecule has 1 unspecified atom stereocenters. The third kappa shape index (κ3) is 6.49. The van der Waals surface area contributed by atoms with E-state index in [-0.39, 0.29) is 36.2 Å². The SMILES string of the molecule is O=C(CC(Cc1nc(CCCc2ccc3c(n2)NCCC3)no1)c1cc(F)c2c(c1)OCO2)OC(=O)C(F)(F)F. The van der Waals surface area contributed by atoms with Gasteiger partial charge in [0.15, 0.2) is 17.4 Å². The van der Waals surface area contributed by atoms with Crippen molar-refractivity contribution in [2.24, 2.45) is 0 Å². The van der Waals surface area contributed by atoms with Crippen LogP contribution in [0.25, 0.3) is 0 Å². The fourth-order valence-electron chi connectivity index (χ4n) is 4.56. The Bertz CT molecular complexity index is 1410. The molecule has 4 heterocycles. The second-order valence-corrected chi connectivity index (χ2v) is 9.40. The molecule has 2 aliphatic rings. The highest BCUT2D eigenvalue weighted by atomic mass is 19.4. The molecule has 0 radical (unpaired) electrons. The Hall–Kier alpha value is -4.23. The van der Waals surface area contributed by atoms with Crippen LogP contribution in [0.5, 0.6) is 11.5 Å². The summed E-state index contributed by atoms with van der Waals surface area (Å²) in [6, 6.07) is 6.52. The number of hydrogen-bond donors (Lipinski definition) is 1. The molecule has 1 aromatic carbocycles. The predicted molar refractivity (Wildman–Crippen MR) is 128 cm³/mol. The molecule has 10 nitrogen and oxygen atoms in total. The van der Waals surface area contributed by atoms with Crippen molar-refractivity contribution in [2.45, 2.75) is 57.0 Å². The van der Waals surface area contributed by atoms with E-state index in [1.807, 2.05) is 6.07 Å². The van der Waals surface area contributed by atoms with Gasteiger partial charge in [0.2, 0.25) is 18.4 Å². The molecule has 0 aliphatic carbocycles. The van der Waals surface area contributed by atoms with Crippen LogP contribution in [0.4, 0.5) is 23.4 Å². The summed E-state index contributed by atoms with van der Waals surface area (Å²) in [6.07, 6.45) is -2.30. The van der Waals surface area contributed by atoms with E-state index in [1.165, 1.54) is 11.6 Å². The van der Waals surface area contributed by atoms with Crippen molar-refractivity contribution in [3.05, 3.63) is 58.6 Å². The Morgan fingerprint density at radius 3 is 2.80 bits per heavy atom. The van der Waals surface area contributed by atoms with Crippen molar-refractivity contribution in [3.8, 4) is 11.5 Å². The minimum Gasteiger partial charge on any atom is -0.453 e. The van der Waals surface area contributed by atoms with E-state index in [4.69, 9.17) is 14.0 Å². The van der Waals surface area contributed by atoms with Gasteiger partial charge in [-0.2, -0.15) is 18.2 Å². The predicted octanol–water partition coefficient (Wildman–Crippen LogP) is 4.21. The quantitative estimate of drug-likeness (QED) is 0.229. The van der Waals surface area contributed by atoms with Gasteiger partial charge in [0, 0.05) is 31.0 Å². The number of nitrogens with one attached hydrogen (secondary N) is 1. The lowest BCUT2D eigenvalue weighted by atomic mass is 9.92. The first kappa shape index (κ1) is 27.3. The molecule has 0 saturated carbocycles. The molecule has 5 rings (SSSR count). The maximum absolute atomic E-state index is 14.5. The molecule has 2 aliphatic heterocycles. The third-order valence-electron chi connectivity index (χ3n) is 6.49. The summed E-state index contributed by atoms with van der Waals surface area (Å²) in [4.78, 5) is 32.3. The van der Waals surface area contributed by atoms with Crippen LogP contribution in [0.15, 0.2) is 28.8 Å². The van der Waals surface area contributed by atoms with E-state index in [9.17, 15) is 27.2 Å². The fourth-order valence-corrected chi connectivity index (χ4v) is 4.56. The molecule has 0 saturated heterocycles. The first-order valence-corrected chi connectivity index (χ1v) is 12.6. The van der Waals surface area contributed by atoms with E-state index < -0.39 is 36.3 Å². The lowest BCUT2D eigenvalue weighted by Gasteiger charge is -2.17. The van der Waals surface area contributed by atoms with Gasteiger partial charge in [-0.05, 0) is 55.0 Å². The average molecular weight is 564 g/mol. The van der Waals surface area contributed by atoms with Crippen molar-refractivity contribution < 1.29 is 45.9 Å². The van der Waals surface area contributed by atoms with E-state index in [2.05, 4.69) is 31.2 Å². The smallest absolute Gasteiger partial charge is 0.453 e. The number of esters is 2. The van der Waals surface area contributed by atoms with E-state index in [0.29, 0.717) is 25.1 Å². The zero-order valence-corrected chi connectivity index (χ0v) is 21.1. The topological polar surface area (TPSA) is 126 Å². The highest BCUT2D eigenvalue weighted by Crippen LogP contribution is 2.39. The minimum absolute atomic E-state index is 0.0666. The van der Waals surface area contributed by atoms with Gasteiger partial charge >= 0.3 is 18.1 Å². The van der Waals surface area contributed by atoms with Crippen LogP contribution in [-0.4, -0.2) is 46.6 Å². The summed E-state index contributed by atoms with van der Waals surface area (Å²) in [5.41, 5.74) is 2.31. The van der Waals surface area contributed by atoms with Gasteiger partial charge in [0.05, 0.1) is 6.42 Å². The lowest BCUT2D eigenvalue weighted by Crippen LogP contribution is -2.28. The number of pyridine rings is 1. The van der Waals surface area contributed by atoms with Crippen molar-refractivity contribution in [2.75, 3.05) is 18.7 Å². The summed E-state index contributed by atoms with van der Waals surface area (Å²) < 4.78 is 71.7. The number of nitrogens with zero attached hydrogens (tertiary/aromatic N) is 3. The number of carbonyl (C=O) groups excluding carboxylic acids is 2. The van der Waals surface area contributed by atoms with Crippen molar-refractivity contribution in [3.63, 3.8) is 0 Å². The minimum atomic E-state index is -5.34.